The summed E-state index contributed by atoms with van der Waals surface area (Å²) in [7, 11) is 3.39. The van der Waals surface area contributed by atoms with Gasteiger partial charge in [-0.1, -0.05) is 82.8 Å². The first-order valence-electron chi connectivity index (χ1n) is 15.2. The van der Waals surface area contributed by atoms with E-state index in [-0.39, 0.29) is 6.04 Å². The third-order valence-electron chi connectivity index (χ3n) is 7.62. The number of hydrogen-bond acceptors (Lipinski definition) is 4. The molecule has 0 radical (unpaired) electrons. The summed E-state index contributed by atoms with van der Waals surface area (Å²) in [5, 5.41) is 9.51. The lowest BCUT2D eigenvalue weighted by Gasteiger charge is -2.21. The van der Waals surface area contributed by atoms with Crippen molar-refractivity contribution in [1.82, 2.24) is 10.6 Å². The first kappa shape index (κ1) is 37.0. The van der Waals surface area contributed by atoms with Crippen LogP contribution in [-0.2, 0) is 19.4 Å². The average molecular weight is 691 g/mol. The molecule has 2 N–H and O–H groups in total. The molecular weight excluding hydrogens is 646 g/mol. The minimum atomic E-state index is 0.227. The number of nitrogens with one attached hydrogen (secondary N) is 2. The van der Waals surface area contributed by atoms with Gasteiger partial charge in [-0.15, -0.1) is 0 Å². The summed E-state index contributed by atoms with van der Waals surface area (Å²) in [6.07, 6.45) is 4.15. The Morgan fingerprint density at radius 1 is 0.578 bits per heavy atom. The van der Waals surface area contributed by atoms with Gasteiger partial charge in [0.15, 0.2) is 0 Å². The van der Waals surface area contributed by atoms with Crippen molar-refractivity contribution in [3.63, 3.8) is 0 Å². The number of aryl methyl sites for hydroxylation is 2. The van der Waals surface area contributed by atoms with E-state index >= 15 is 0 Å². The molecule has 242 valence electrons. The summed E-state index contributed by atoms with van der Waals surface area (Å²) < 4.78 is 10.5. The zero-order valence-electron chi connectivity index (χ0n) is 26.7. The van der Waals surface area contributed by atoms with Crippen molar-refractivity contribution in [3.8, 4) is 11.5 Å². The molecule has 0 saturated heterocycles. The predicted octanol–water partition coefficient (Wildman–Crippen LogP) is 10.8. The molecule has 0 aliphatic rings. The molecule has 0 heterocycles. The predicted molar refractivity (Wildman–Crippen MR) is 193 cm³/mol. The molecule has 4 aromatic rings. The lowest BCUT2D eigenvalue weighted by atomic mass is 10.0. The standard InChI is InChI=1S/C19H23Cl2NO.C18H21Cl2NO/c1-13(7-8-15-5-4-6-17(11-15)23-3)22-14(2)16-9-10-18(20)19(21)12-16;1-13(6-7-14-4-3-5-16(10-14)22-2)21-12-15-8-9-17(19)18(20)11-15/h4-6,9-14,22H,7-8H2,1-3H3;3-5,8-11,13,21H,6-7,12H2,1-2H3. The van der Waals surface area contributed by atoms with Gasteiger partial charge >= 0.3 is 0 Å². The Morgan fingerprint density at radius 2 is 1.11 bits per heavy atom. The molecule has 0 saturated carbocycles. The van der Waals surface area contributed by atoms with Gasteiger partial charge in [-0.05, 0) is 117 Å². The molecule has 0 spiro atoms. The molecule has 0 aliphatic heterocycles. The van der Waals surface area contributed by atoms with Gasteiger partial charge in [0.2, 0.25) is 0 Å². The molecule has 0 aliphatic carbocycles. The molecule has 0 aromatic heterocycles. The van der Waals surface area contributed by atoms with Crippen molar-refractivity contribution >= 4 is 46.4 Å². The van der Waals surface area contributed by atoms with Gasteiger partial charge in [-0.3, -0.25) is 0 Å². The Balaban J connectivity index is 0.000000246. The van der Waals surface area contributed by atoms with E-state index < -0.39 is 0 Å². The van der Waals surface area contributed by atoms with E-state index in [1.54, 1.807) is 14.2 Å². The summed E-state index contributed by atoms with van der Waals surface area (Å²) in [5.41, 5.74) is 4.87. The molecule has 0 bridgehead atoms. The van der Waals surface area contributed by atoms with E-state index in [1.165, 1.54) is 11.1 Å². The second-order valence-electron chi connectivity index (χ2n) is 11.3. The van der Waals surface area contributed by atoms with Crippen LogP contribution in [0, 0.1) is 0 Å². The van der Waals surface area contributed by atoms with Gasteiger partial charge in [0.1, 0.15) is 11.5 Å². The van der Waals surface area contributed by atoms with E-state index in [0.717, 1.165) is 54.9 Å². The molecule has 4 rings (SSSR count). The largest absolute Gasteiger partial charge is 0.497 e. The van der Waals surface area contributed by atoms with Crippen molar-refractivity contribution < 1.29 is 9.47 Å². The first-order valence-corrected chi connectivity index (χ1v) is 16.7. The maximum Gasteiger partial charge on any atom is 0.119 e. The van der Waals surface area contributed by atoms with Crippen LogP contribution in [0.2, 0.25) is 20.1 Å². The highest BCUT2D eigenvalue weighted by molar-refractivity contribution is 6.42. The third kappa shape index (κ3) is 13.1. The highest BCUT2D eigenvalue weighted by atomic mass is 35.5. The molecule has 8 heteroatoms. The van der Waals surface area contributed by atoms with Crippen molar-refractivity contribution in [1.29, 1.82) is 0 Å². The van der Waals surface area contributed by atoms with Crippen molar-refractivity contribution in [2.75, 3.05) is 14.2 Å². The van der Waals surface area contributed by atoms with Crippen LogP contribution in [0.15, 0.2) is 84.9 Å². The van der Waals surface area contributed by atoms with Gasteiger partial charge < -0.3 is 20.1 Å². The summed E-state index contributed by atoms with van der Waals surface area (Å²) in [4.78, 5) is 0. The molecule has 45 heavy (non-hydrogen) atoms. The SMILES string of the molecule is COc1cccc(CCC(C)NC(C)c2ccc(Cl)c(Cl)c2)c1.COc1cccc(CCC(C)NCc2ccc(Cl)c(Cl)c2)c1. The number of ether oxygens (including phenoxy) is 2. The fourth-order valence-corrected chi connectivity index (χ4v) is 5.48. The summed E-state index contributed by atoms with van der Waals surface area (Å²) in [6.45, 7) is 7.32. The molecule has 4 nitrogen and oxygen atoms in total. The molecule has 0 fully saturated rings. The molecule has 3 atom stereocenters. The second kappa shape index (κ2) is 19.3. The van der Waals surface area contributed by atoms with Crippen LogP contribution in [0.5, 0.6) is 11.5 Å². The summed E-state index contributed by atoms with van der Waals surface area (Å²) >= 11 is 24.0. The van der Waals surface area contributed by atoms with Crippen molar-refractivity contribution in [3.05, 3.63) is 127 Å². The lowest BCUT2D eigenvalue weighted by Crippen LogP contribution is -2.29. The Labute approximate surface area is 289 Å². The van der Waals surface area contributed by atoms with Crippen LogP contribution >= 0.6 is 46.4 Å². The van der Waals surface area contributed by atoms with E-state index in [2.05, 4.69) is 55.7 Å². The lowest BCUT2D eigenvalue weighted by molar-refractivity contribution is 0.413. The van der Waals surface area contributed by atoms with Crippen LogP contribution in [0.3, 0.4) is 0 Å². The minimum absolute atomic E-state index is 0.227. The van der Waals surface area contributed by atoms with Crippen molar-refractivity contribution in [2.24, 2.45) is 0 Å². The summed E-state index contributed by atoms with van der Waals surface area (Å²) in [6, 6.07) is 29.0. The van der Waals surface area contributed by atoms with E-state index in [4.69, 9.17) is 55.9 Å². The zero-order valence-corrected chi connectivity index (χ0v) is 29.7. The molecule has 0 amide bonds. The highest BCUT2D eigenvalue weighted by Gasteiger charge is 2.11. The fraction of sp³-hybridized carbons (Fsp3) is 0.351. The Hall–Kier alpha value is -2.44. The van der Waals surface area contributed by atoms with Crippen LogP contribution in [0.4, 0.5) is 0 Å². The monoisotopic (exact) mass is 688 g/mol. The normalized spacial score (nSPS) is 12.9. The fourth-order valence-electron chi connectivity index (χ4n) is 4.85. The van der Waals surface area contributed by atoms with E-state index in [0.29, 0.717) is 32.2 Å². The Kier molecular flexibility index (Phi) is 15.9. The minimum Gasteiger partial charge on any atom is -0.497 e. The topological polar surface area (TPSA) is 42.5 Å². The number of rotatable bonds is 14. The van der Waals surface area contributed by atoms with E-state index in [9.17, 15) is 0 Å². The smallest absolute Gasteiger partial charge is 0.119 e. The maximum atomic E-state index is 6.09. The van der Waals surface area contributed by atoms with Crippen LogP contribution in [-0.4, -0.2) is 26.3 Å². The number of hydrogen-bond donors (Lipinski definition) is 2. The Bertz CT molecular complexity index is 1480. The van der Waals surface area contributed by atoms with Gasteiger partial charge in [0.05, 0.1) is 34.3 Å². The second-order valence-corrected chi connectivity index (χ2v) is 12.9. The molecule has 4 aromatic carbocycles. The first-order chi connectivity index (χ1) is 21.6. The number of methoxy groups -OCH3 is 2. The van der Waals surface area contributed by atoms with Gasteiger partial charge in [0.25, 0.3) is 0 Å². The third-order valence-corrected chi connectivity index (χ3v) is 9.10. The van der Waals surface area contributed by atoms with Gasteiger partial charge in [0, 0.05) is 24.7 Å². The van der Waals surface area contributed by atoms with Crippen LogP contribution in [0.1, 0.15) is 61.9 Å². The Morgan fingerprint density at radius 3 is 1.64 bits per heavy atom. The van der Waals surface area contributed by atoms with E-state index in [1.807, 2.05) is 60.7 Å². The zero-order chi connectivity index (χ0) is 32.8. The average Bonchev–Trinajstić information content (AvgIpc) is 3.05. The van der Waals surface area contributed by atoms with Crippen LogP contribution in [0.25, 0.3) is 0 Å². The van der Waals surface area contributed by atoms with Crippen LogP contribution < -0.4 is 20.1 Å². The summed E-state index contributed by atoms with van der Waals surface area (Å²) in [5.74, 6) is 1.82. The quantitative estimate of drug-likeness (QED) is 0.138. The van der Waals surface area contributed by atoms with Gasteiger partial charge in [-0.25, -0.2) is 0 Å². The number of halogens is 4. The van der Waals surface area contributed by atoms with Crippen molar-refractivity contribution in [2.45, 2.75) is 71.1 Å². The number of benzene rings is 4. The molecular formula is C37H44Cl4N2O2. The van der Waals surface area contributed by atoms with Gasteiger partial charge in [-0.2, -0.15) is 0 Å². The maximum absolute atomic E-state index is 6.09. The highest BCUT2D eigenvalue weighted by Crippen LogP contribution is 2.26. The molecule has 3 unspecified atom stereocenters.